The highest BCUT2D eigenvalue weighted by Gasteiger charge is 2.21. The first-order chi connectivity index (χ1) is 10.7. The molecule has 0 radical (unpaired) electrons. The number of aromatic nitrogens is 1. The van der Waals surface area contributed by atoms with Crippen LogP contribution in [0.1, 0.15) is 32.1 Å². The van der Waals surface area contributed by atoms with Crippen molar-refractivity contribution in [1.29, 1.82) is 0 Å². The Balaban J connectivity index is 1.65. The molecule has 1 aromatic carbocycles. The van der Waals surface area contributed by atoms with Crippen LogP contribution in [0.3, 0.4) is 0 Å². The molecule has 2 heterocycles. The van der Waals surface area contributed by atoms with Crippen molar-refractivity contribution in [1.82, 2.24) is 9.88 Å². The molecule has 1 aliphatic rings. The molecule has 6 heteroatoms. The Morgan fingerprint density at radius 3 is 2.77 bits per heavy atom. The molecule has 0 amide bonds. The van der Waals surface area contributed by atoms with E-state index in [9.17, 15) is 10.0 Å². The molecule has 0 spiro atoms. The van der Waals surface area contributed by atoms with Gasteiger partial charge in [0.15, 0.2) is 11.5 Å². The highest BCUT2D eigenvalue weighted by molar-refractivity contribution is 6.58. The normalized spacial score (nSPS) is 17.2. The predicted octanol–water partition coefficient (Wildman–Crippen LogP) is 1.17. The van der Waals surface area contributed by atoms with Crippen molar-refractivity contribution in [2.45, 2.75) is 32.6 Å². The van der Waals surface area contributed by atoms with E-state index < -0.39 is 7.12 Å². The Kier molecular flexibility index (Phi) is 4.81. The highest BCUT2D eigenvalue weighted by Crippen LogP contribution is 2.23. The molecule has 5 nitrogen and oxygen atoms in total. The maximum atomic E-state index is 9.21. The summed E-state index contributed by atoms with van der Waals surface area (Å²) in [4.78, 5) is 7.04. The number of oxazole rings is 1. The van der Waals surface area contributed by atoms with Gasteiger partial charge in [-0.15, -0.1) is 0 Å². The first-order valence-electron chi connectivity index (χ1n) is 8.13. The van der Waals surface area contributed by atoms with Crippen LogP contribution in [0.15, 0.2) is 22.6 Å². The standard InChI is InChI=1S/C16H23BN2O3/c1-2-7-19-8-5-12(6-9-19)10-16-18-14-4-3-13(17(20)21)11-15(14)22-16/h3-4,11-12,20-21H,2,5-10H2,1H3. The number of hydrogen-bond donors (Lipinski definition) is 2. The third kappa shape index (κ3) is 3.51. The summed E-state index contributed by atoms with van der Waals surface area (Å²) < 4.78 is 5.79. The predicted molar refractivity (Wildman–Crippen MR) is 87.0 cm³/mol. The second kappa shape index (κ2) is 6.81. The van der Waals surface area contributed by atoms with Crippen molar-refractivity contribution in [3.63, 3.8) is 0 Å². The van der Waals surface area contributed by atoms with Gasteiger partial charge in [-0.2, -0.15) is 0 Å². The minimum absolute atomic E-state index is 0.433. The maximum Gasteiger partial charge on any atom is 0.488 e. The third-order valence-electron chi connectivity index (χ3n) is 4.47. The van der Waals surface area contributed by atoms with Crippen LogP contribution in [0.4, 0.5) is 0 Å². The van der Waals surface area contributed by atoms with Crippen LogP contribution in [0.5, 0.6) is 0 Å². The molecule has 1 fully saturated rings. The quantitative estimate of drug-likeness (QED) is 0.812. The van der Waals surface area contributed by atoms with Crippen LogP contribution < -0.4 is 5.46 Å². The van der Waals surface area contributed by atoms with Crippen molar-refractivity contribution in [3.05, 3.63) is 24.1 Å². The first-order valence-corrected chi connectivity index (χ1v) is 8.13. The minimum atomic E-state index is -1.47. The molecule has 118 valence electrons. The van der Waals surface area contributed by atoms with Gasteiger partial charge in [0.1, 0.15) is 5.52 Å². The van der Waals surface area contributed by atoms with Gasteiger partial charge in [0.2, 0.25) is 0 Å². The van der Waals surface area contributed by atoms with Crippen molar-refractivity contribution in [2.24, 2.45) is 5.92 Å². The van der Waals surface area contributed by atoms with E-state index in [-0.39, 0.29) is 0 Å². The molecule has 0 unspecified atom stereocenters. The summed E-state index contributed by atoms with van der Waals surface area (Å²) >= 11 is 0. The Hall–Kier alpha value is -1.37. The molecule has 0 atom stereocenters. The molecular formula is C16H23BN2O3. The van der Waals surface area contributed by atoms with E-state index in [4.69, 9.17) is 4.42 Å². The van der Waals surface area contributed by atoms with E-state index >= 15 is 0 Å². The monoisotopic (exact) mass is 302 g/mol. The largest absolute Gasteiger partial charge is 0.488 e. The number of piperidine rings is 1. The Bertz CT molecular complexity index is 621. The van der Waals surface area contributed by atoms with Crippen LogP contribution in [0.25, 0.3) is 11.1 Å². The average molecular weight is 302 g/mol. The zero-order valence-corrected chi connectivity index (χ0v) is 13.0. The van der Waals surface area contributed by atoms with Crippen LogP contribution >= 0.6 is 0 Å². The lowest BCUT2D eigenvalue weighted by molar-refractivity contribution is 0.180. The van der Waals surface area contributed by atoms with Crippen molar-refractivity contribution in [2.75, 3.05) is 19.6 Å². The fourth-order valence-corrected chi connectivity index (χ4v) is 3.21. The van der Waals surface area contributed by atoms with Crippen LogP contribution in [-0.2, 0) is 6.42 Å². The second-order valence-electron chi connectivity index (χ2n) is 6.20. The summed E-state index contributed by atoms with van der Waals surface area (Å²) in [5, 5.41) is 18.4. The number of likely N-dealkylation sites (tertiary alicyclic amines) is 1. The second-order valence-corrected chi connectivity index (χ2v) is 6.20. The first kappa shape index (κ1) is 15.5. The summed E-state index contributed by atoms with van der Waals surface area (Å²) in [6, 6.07) is 5.10. The molecular weight excluding hydrogens is 279 g/mol. The SMILES string of the molecule is CCCN1CCC(Cc2nc3ccc(B(O)O)cc3o2)CC1. The Morgan fingerprint density at radius 1 is 1.32 bits per heavy atom. The minimum Gasteiger partial charge on any atom is -0.441 e. The average Bonchev–Trinajstić information content (AvgIpc) is 2.90. The van der Waals surface area contributed by atoms with Crippen molar-refractivity contribution >= 4 is 23.7 Å². The molecule has 3 rings (SSSR count). The van der Waals surface area contributed by atoms with Gasteiger partial charge < -0.3 is 19.4 Å². The summed E-state index contributed by atoms with van der Waals surface area (Å²) in [7, 11) is -1.47. The van der Waals surface area contributed by atoms with Gasteiger partial charge in [-0.05, 0) is 62.4 Å². The number of hydrogen-bond acceptors (Lipinski definition) is 5. The highest BCUT2D eigenvalue weighted by atomic mass is 16.4. The third-order valence-corrected chi connectivity index (χ3v) is 4.47. The fourth-order valence-electron chi connectivity index (χ4n) is 3.21. The fraction of sp³-hybridized carbons (Fsp3) is 0.562. The summed E-state index contributed by atoms with van der Waals surface area (Å²) in [5.41, 5.74) is 1.84. The van der Waals surface area contributed by atoms with E-state index in [1.807, 2.05) is 0 Å². The smallest absolute Gasteiger partial charge is 0.441 e. The molecule has 0 saturated carbocycles. The number of benzene rings is 1. The number of nitrogens with zero attached hydrogens (tertiary/aromatic N) is 2. The zero-order valence-electron chi connectivity index (χ0n) is 13.0. The van der Waals surface area contributed by atoms with E-state index in [1.54, 1.807) is 18.2 Å². The van der Waals surface area contributed by atoms with Gasteiger partial charge in [-0.25, -0.2) is 4.98 Å². The van der Waals surface area contributed by atoms with Gasteiger partial charge >= 0.3 is 7.12 Å². The zero-order chi connectivity index (χ0) is 15.5. The lowest BCUT2D eigenvalue weighted by Gasteiger charge is -2.31. The topological polar surface area (TPSA) is 69.7 Å². The van der Waals surface area contributed by atoms with Crippen LogP contribution in [0, 0.1) is 5.92 Å². The Labute approximate surface area is 131 Å². The van der Waals surface area contributed by atoms with Crippen molar-refractivity contribution < 1.29 is 14.5 Å². The van der Waals surface area contributed by atoms with Crippen LogP contribution in [0.2, 0.25) is 0 Å². The van der Waals surface area contributed by atoms with E-state index in [0.717, 1.165) is 17.8 Å². The number of fused-ring (bicyclic) bond motifs is 1. The van der Waals surface area contributed by atoms with Gasteiger partial charge in [-0.3, -0.25) is 0 Å². The molecule has 1 aliphatic heterocycles. The van der Waals surface area contributed by atoms with Gasteiger partial charge in [0.25, 0.3) is 0 Å². The van der Waals surface area contributed by atoms with E-state index in [0.29, 0.717) is 17.0 Å². The maximum absolute atomic E-state index is 9.21. The summed E-state index contributed by atoms with van der Waals surface area (Å²) in [6.45, 7) is 5.75. The number of rotatable bonds is 5. The van der Waals surface area contributed by atoms with Gasteiger partial charge in [0, 0.05) is 6.42 Å². The molecule has 22 heavy (non-hydrogen) atoms. The van der Waals surface area contributed by atoms with Gasteiger partial charge in [0.05, 0.1) is 0 Å². The van der Waals surface area contributed by atoms with Crippen molar-refractivity contribution in [3.8, 4) is 0 Å². The molecule has 0 bridgehead atoms. The van der Waals surface area contributed by atoms with E-state index in [1.165, 1.54) is 38.9 Å². The van der Waals surface area contributed by atoms with Gasteiger partial charge in [-0.1, -0.05) is 13.0 Å². The lowest BCUT2D eigenvalue weighted by atomic mass is 9.80. The van der Waals surface area contributed by atoms with E-state index in [2.05, 4.69) is 16.8 Å². The Morgan fingerprint density at radius 2 is 2.09 bits per heavy atom. The lowest BCUT2D eigenvalue weighted by Crippen LogP contribution is -2.34. The summed E-state index contributed by atoms with van der Waals surface area (Å²) in [5.74, 6) is 1.39. The molecule has 2 aromatic rings. The molecule has 1 aromatic heterocycles. The molecule has 1 saturated heterocycles. The molecule has 0 aliphatic carbocycles. The molecule has 2 N–H and O–H groups in total. The summed E-state index contributed by atoms with van der Waals surface area (Å²) in [6.07, 6.45) is 4.47. The van der Waals surface area contributed by atoms with Crippen LogP contribution in [-0.4, -0.2) is 46.7 Å².